The summed E-state index contributed by atoms with van der Waals surface area (Å²) >= 11 is 0. The molecule has 0 aliphatic heterocycles. The van der Waals surface area contributed by atoms with Crippen molar-refractivity contribution in [3.63, 3.8) is 0 Å². The van der Waals surface area contributed by atoms with E-state index in [0.717, 1.165) is 29.5 Å². The lowest BCUT2D eigenvalue weighted by atomic mass is 10.0. The molecule has 0 atom stereocenters. The fourth-order valence-electron chi connectivity index (χ4n) is 3.31. The Labute approximate surface area is 177 Å². The van der Waals surface area contributed by atoms with Gasteiger partial charge in [0.2, 0.25) is 5.91 Å². The van der Waals surface area contributed by atoms with Crippen molar-refractivity contribution in [1.82, 2.24) is 9.55 Å². The van der Waals surface area contributed by atoms with Crippen LogP contribution in [0.15, 0.2) is 27.8 Å². The number of nitrogens with two attached hydrogens (primary N) is 1. The first-order valence-corrected chi connectivity index (χ1v) is 10.6. The molecule has 0 aliphatic carbocycles. The molecule has 164 valence electrons. The van der Waals surface area contributed by atoms with E-state index in [-0.39, 0.29) is 23.8 Å². The zero-order valence-corrected chi connectivity index (χ0v) is 18.7. The van der Waals surface area contributed by atoms with Crippen LogP contribution in [0.25, 0.3) is 0 Å². The van der Waals surface area contributed by atoms with E-state index >= 15 is 0 Å². The lowest BCUT2D eigenvalue weighted by Crippen LogP contribution is -2.42. The van der Waals surface area contributed by atoms with Gasteiger partial charge in [-0.05, 0) is 49.3 Å². The monoisotopic (exact) mass is 414 g/mol. The second kappa shape index (κ2) is 10.3. The molecule has 2 rings (SSSR count). The summed E-state index contributed by atoms with van der Waals surface area (Å²) < 4.78 is 1.35. The summed E-state index contributed by atoms with van der Waals surface area (Å²) in [6, 6.07) is 5.91. The van der Waals surface area contributed by atoms with Gasteiger partial charge in [-0.15, -0.1) is 0 Å². The summed E-state index contributed by atoms with van der Waals surface area (Å²) in [6.07, 6.45) is 2.50. The van der Waals surface area contributed by atoms with Gasteiger partial charge in [0, 0.05) is 13.1 Å². The Hall–Kier alpha value is -2.83. The van der Waals surface area contributed by atoms with E-state index in [2.05, 4.69) is 18.8 Å². The molecule has 1 aromatic carbocycles. The predicted octanol–water partition coefficient (Wildman–Crippen LogP) is 3.16. The highest BCUT2D eigenvalue weighted by Crippen LogP contribution is 2.21. The van der Waals surface area contributed by atoms with Crippen LogP contribution >= 0.6 is 0 Å². The van der Waals surface area contributed by atoms with Crippen molar-refractivity contribution in [2.45, 2.75) is 66.8 Å². The van der Waals surface area contributed by atoms with Crippen LogP contribution in [0, 0.1) is 19.8 Å². The standard InChI is InChI=1S/C23H34N4O3/c1-6-7-11-27-21(24)20(22(29)25-23(27)30)26(12-10-15(2)3)19(28)14-18-9-8-16(4)17(5)13-18/h8-9,13,15H,6-7,10-12,14,24H2,1-5H3,(H,25,29,30). The minimum absolute atomic E-state index is 0.0504. The fraction of sp³-hybridized carbons (Fsp3) is 0.522. The summed E-state index contributed by atoms with van der Waals surface area (Å²) in [7, 11) is 0. The highest BCUT2D eigenvalue weighted by Gasteiger charge is 2.24. The molecule has 3 N–H and O–H groups in total. The Kier molecular flexibility index (Phi) is 8.03. The maximum absolute atomic E-state index is 13.3. The summed E-state index contributed by atoms with van der Waals surface area (Å²) in [5.41, 5.74) is 8.31. The average Bonchev–Trinajstić information content (AvgIpc) is 2.66. The number of anilines is 2. The number of hydrogen-bond acceptors (Lipinski definition) is 4. The third-order valence-electron chi connectivity index (χ3n) is 5.38. The third kappa shape index (κ3) is 5.62. The van der Waals surface area contributed by atoms with Gasteiger partial charge >= 0.3 is 5.69 Å². The normalized spacial score (nSPS) is 11.1. The van der Waals surface area contributed by atoms with Crippen LogP contribution in [0.3, 0.4) is 0 Å². The molecule has 1 aromatic heterocycles. The van der Waals surface area contributed by atoms with Gasteiger partial charge in [0.15, 0.2) is 5.69 Å². The Morgan fingerprint density at radius 1 is 1.20 bits per heavy atom. The van der Waals surface area contributed by atoms with Crippen molar-refractivity contribution >= 4 is 17.4 Å². The molecule has 0 unspecified atom stereocenters. The average molecular weight is 415 g/mol. The molecule has 0 saturated carbocycles. The molecule has 0 radical (unpaired) electrons. The lowest BCUT2D eigenvalue weighted by Gasteiger charge is -2.25. The molecular formula is C23H34N4O3. The van der Waals surface area contributed by atoms with Gasteiger partial charge in [0.1, 0.15) is 5.82 Å². The van der Waals surface area contributed by atoms with Crippen molar-refractivity contribution in [1.29, 1.82) is 0 Å². The summed E-state index contributed by atoms with van der Waals surface area (Å²) in [5, 5.41) is 0. The quantitative estimate of drug-likeness (QED) is 0.658. The molecule has 1 heterocycles. The van der Waals surface area contributed by atoms with E-state index in [1.54, 1.807) is 0 Å². The van der Waals surface area contributed by atoms with E-state index in [0.29, 0.717) is 25.4 Å². The molecule has 0 saturated heterocycles. The first-order valence-electron chi connectivity index (χ1n) is 10.6. The van der Waals surface area contributed by atoms with Crippen molar-refractivity contribution in [3.05, 3.63) is 55.7 Å². The number of aromatic nitrogens is 2. The molecule has 30 heavy (non-hydrogen) atoms. The molecule has 1 amide bonds. The number of rotatable bonds is 9. The fourth-order valence-corrected chi connectivity index (χ4v) is 3.31. The molecule has 7 heteroatoms. The molecule has 0 fully saturated rings. The van der Waals surface area contributed by atoms with Crippen LogP contribution in [-0.2, 0) is 17.8 Å². The zero-order valence-electron chi connectivity index (χ0n) is 18.7. The van der Waals surface area contributed by atoms with Crippen LogP contribution in [0.4, 0.5) is 11.5 Å². The molecular weight excluding hydrogens is 380 g/mol. The molecule has 0 aliphatic rings. The summed E-state index contributed by atoms with van der Waals surface area (Å²) in [4.78, 5) is 42.0. The van der Waals surface area contributed by atoms with Gasteiger partial charge in [-0.2, -0.15) is 0 Å². The number of unbranched alkanes of at least 4 members (excludes halogenated alkanes) is 1. The van der Waals surface area contributed by atoms with Gasteiger partial charge in [0.25, 0.3) is 5.56 Å². The van der Waals surface area contributed by atoms with Crippen molar-refractivity contribution in [3.8, 4) is 0 Å². The minimum Gasteiger partial charge on any atom is -0.383 e. The number of aryl methyl sites for hydroxylation is 2. The Morgan fingerprint density at radius 2 is 1.90 bits per heavy atom. The van der Waals surface area contributed by atoms with Crippen molar-refractivity contribution < 1.29 is 4.79 Å². The number of nitrogens with one attached hydrogen (secondary N) is 1. The van der Waals surface area contributed by atoms with Crippen LogP contribution < -0.4 is 21.9 Å². The van der Waals surface area contributed by atoms with Gasteiger partial charge in [-0.1, -0.05) is 45.4 Å². The summed E-state index contributed by atoms with van der Waals surface area (Å²) in [6.45, 7) is 10.9. The number of hydrogen-bond donors (Lipinski definition) is 2. The maximum atomic E-state index is 13.3. The Morgan fingerprint density at radius 3 is 2.50 bits per heavy atom. The number of benzene rings is 1. The summed E-state index contributed by atoms with van der Waals surface area (Å²) in [5.74, 6) is 0.180. The molecule has 0 spiro atoms. The topological polar surface area (TPSA) is 101 Å². The number of aromatic amines is 1. The Bertz CT molecular complexity index is 1000. The van der Waals surface area contributed by atoms with Crippen LogP contribution in [0.5, 0.6) is 0 Å². The number of amides is 1. The van der Waals surface area contributed by atoms with Gasteiger partial charge in [0.05, 0.1) is 6.42 Å². The first kappa shape index (κ1) is 23.4. The van der Waals surface area contributed by atoms with Crippen LogP contribution in [0.1, 0.15) is 56.7 Å². The number of nitrogens with zero attached hydrogens (tertiary/aromatic N) is 2. The minimum atomic E-state index is -0.623. The van der Waals surface area contributed by atoms with E-state index in [9.17, 15) is 14.4 Å². The van der Waals surface area contributed by atoms with Crippen molar-refractivity contribution in [2.24, 2.45) is 5.92 Å². The lowest BCUT2D eigenvalue weighted by molar-refractivity contribution is -0.118. The predicted molar refractivity (Wildman–Crippen MR) is 122 cm³/mol. The second-order valence-corrected chi connectivity index (χ2v) is 8.32. The highest BCUT2D eigenvalue weighted by molar-refractivity contribution is 5.96. The number of carbonyl (C=O) groups is 1. The van der Waals surface area contributed by atoms with Crippen LogP contribution in [-0.4, -0.2) is 22.0 Å². The van der Waals surface area contributed by atoms with Gasteiger partial charge in [-0.25, -0.2) is 4.79 Å². The van der Waals surface area contributed by atoms with Crippen molar-refractivity contribution in [2.75, 3.05) is 17.2 Å². The smallest absolute Gasteiger partial charge is 0.330 e. The van der Waals surface area contributed by atoms with Gasteiger partial charge in [-0.3, -0.25) is 19.1 Å². The van der Waals surface area contributed by atoms with Gasteiger partial charge < -0.3 is 10.6 Å². The maximum Gasteiger partial charge on any atom is 0.330 e. The SMILES string of the molecule is CCCCn1c(N)c(N(CCC(C)C)C(=O)Cc2ccc(C)c(C)c2)c(=O)[nH]c1=O. The van der Waals surface area contributed by atoms with E-state index in [1.807, 2.05) is 39.0 Å². The molecule has 0 bridgehead atoms. The Balaban J connectivity index is 2.47. The first-order chi connectivity index (χ1) is 14.1. The second-order valence-electron chi connectivity index (χ2n) is 8.32. The molecule has 7 nitrogen and oxygen atoms in total. The van der Waals surface area contributed by atoms with E-state index < -0.39 is 11.2 Å². The largest absolute Gasteiger partial charge is 0.383 e. The third-order valence-corrected chi connectivity index (χ3v) is 5.38. The molecule has 2 aromatic rings. The number of H-pyrrole nitrogens is 1. The van der Waals surface area contributed by atoms with E-state index in [4.69, 9.17) is 5.73 Å². The zero-order chi connectivity index (χ0) is 22.4. The van der Waals surface area contributed by atoms with Crippen LogP contribution in [0.2, 0.25) is 0 Å². The number of carbonyl (C=O) groups excluding carboxylic acids is 1. The van der Waals surface area contributed by atoms with E-state index in [1.165, 1.54) is 9.47 Å². The highest BCUT2D eigenvalue weighted by atomic mass is 16.2. The number of nitrogen functional groups attached to an aromatic ring is 1.